The first-order valence-corrected chi connectivity index (χ1v) is 8.29. The van der Waals surface area contributed by atoms with E-state index in [1.54, 1.807) is 11.3 Å². The first kappa shape index (κ1) is 14.0. The Hall–Kier alpha value is -0.910. The van der Waals surface area contributed by atoms with E-state index in [9.17, 15) is 0 Å². The van der Waals surface area contributed by atoms with Gasteiger partial charge < -0.3 is 5.11 Å². The second-order valence-electron chi connectivity index (χ2n) is 5.77. The molecule has 20 heavy (non-hydrogen) atoms. The molecule has 1 aliphatic carbocycles. The van der Waals surface area contributed by atoms with Crippen LogP contribution in [0.2, 0.25) is 0 Å². The lowest BCUT2D eigenvalue weighted by Gasteiger charge is -2.21. The fourth-order valence-corrected chi connectivity index (χ4v) is 3.64. The minimum absolute atomic E-state index is 0.304. The zero-order chi connectivity index (χ0) is 14.1. The summed E-state index contributed by atoms with van der Waals surface area (Å²) in [4.78, 5) is 9.67. The number of aryl methyl sites for hydroxylation is 2. The first-order valence-electron chi connectivity index (χ1n) is 7.48. The van der Waals surface area contributed by atoms with Gasteiger partial charge in [0.2, 0.25) is 0 Å². The van der Waals surface area contributed by atoms with Crippen molar-refractivity contribution in [2.45, 2.75) is 52.1 Å². The van der Waals surface area contributed by atoms with Crippen molar-refractivity contribution in [1.82, 2.24) is 14.3 Å². The standard InChI is InChI=1S/C15H23N3OS/c1-11-9-18-14(12(2)16-15(18)20-11)10-17(13-5-6-13)7-3-4-8-19/h9,13,19H,3-8,10H2,1-2H3. The van der Waals surface area contributed by atoms with Crippen LogP contribution in [0.1, 0.15) is 41.9 Å². The van der Waals surface area contributed by atoms with Gasteiger partial charge in [0.15, 0.2) is 4.96 Å². The molecule has 0 unspecified atom stereocenters. The van der Waals surface area contributed by atoms with Gasteiger partial charge in [-0.05, 0) is 46.1 Å². The van der Waals surface area contributed by atoms with Crippen LogP contribution < -0.4 is 0 Å². The summed E-state index contributed by atoms with van der Waals surface area (Å²) in [5.41, 5.74) is 2.49. The molecule has 2 heterocycles. The molecule has 1 saturated carbocycles. The molecule has 0 saturated heterocycles. The molecular formula is C15H23N3OS. The van der Waals surface area contributed by atoms with E-state index in [-0.39, 0.29) is 0 Å². The fourth-order valence-electron chi connectivity index (χ4n) is 2.75. The van der Waals surface area contributed by atoms with E-state index in [0.29, 0.717) is 6.61 Å². The Morgan fingerprint density at radius 1 is 1.40 bits per heavy atom. The van der Waals surface area contributed by atoms with Crippen LogP contribution in [0.15, 0.2) is 6.20 Å². The molecule has 0 spiro atoms. The largest absolute Gasteiger partial charge is 0.396 e. The number of thiazole rings is 1. The average Bonchev–Trinajstić information content (AvgIpc) is 3.13. The van der Waals surface area contributed by atoms with Crippen molar-refractivity contribution in [3.05, 3.63) is 22.5 Å². The fraction of sp³-hybridized carbons (Fsp3) is 0.667. The van der Waals surface area contributed by atoms with E-state index in [1.165, 1.54) is 23.4 Å². The molecule has 1 N–H and O–H groups in total. The Bertz CT molecular complexity index is 585. The summed E-state index contributed by atoms with van der Waals surface area (Å²) in [6, 6.07) is 0.748. The lowest BCUT2D eigenvalue weighted by atomic mass is 10.2. The van der Waals surface area contributed by atoms with E-state index in [2.05, 4.69) is 34.3 Å². The van der Waals surface area contributed by atoms with Gasteiger partial charge in [0.25, 0.3) is 0 Å². The SMILES string of the molecule is Cc1cn2c(CN(CCCCO)C3CC3)c(C)nc2s1. The highest BCUT2D eigenvalue weighted by molar-refractivity contribution is 7.17. The number of aliphatic hydroxyl groups excluding tert-OH is 1. The van der Waals surface area contributed by atoms with Crippen LogP contribution in [-0.2, 0) is 6.54 Å². The Morgan fingerprint density at radius 2 is 2.20 bits per heavy atom. The van der Waals surface area contributed by atoms with E-state index in [1.807, 2.05) is 0 Å². The quantitative estimate of drug-likeness (QED) is 0.798. The van der Waals surface area contributed by atoms with Crippen molar-refractivity contribution in [3.8, 4) is 0 Å². The van der Waals surface area contributed by atoms with Crippen molar-refractivity contribution >= 4 is 16.3 Å². The smallest absolute Gasteiger partial charge is 0.194 e. The van der Waals surface area contributed by atoms with Crippen LogP contribution in [-0.4, -0.2) is 38.6 Å². The molecule has 0 radical (unpaired) electrons. The summed E-state index contributed by atoms with van der Waals surface area (Å²) in [6.07, 6.45) is 6.83. The highest BCUT2D eigenvalue weighted by atomic mass is 32.1. The molecule has 2 aromatic rings. The number of hydrogen-bond donors (Lipinski definition) is 1. The summed E-state index contributed by atoms with van der Waals surface area (Å²) in [5.74, 6) is 0. The summed E-state index contributed by atoms with van der Waals surface area (Å²) in [5, 5.41) is 8.95. The van der Waals surface area contributed by atoms with Crippen LogP contribution >= 0.6 is 11.3 Å². The van der Waals surface area contributed by atoms with E-state index < -0.39 is 0 Å². The molecule has 110 valence electrons. The molecule has 0 amide bonds. The maximum Gasteiger partial charge on any atom is 0.194 e. The number of aliphatic hydroxyl groups is 1. The third-order valence-electron chi connectivity index (χ3n) is 4.01. The average molecular weight is 293 g/mol. The van der Waals surface area contributed by atoms with Gasteiger partial charge in [-0.1, -0.05) is 0 Å². The highest BCUT2D eigenvalue weighted by Crippen LogP contribution is 2.30. The lowest BCUT2D eigenvalue weighted by Crippen LogP contribution is -2.27. The van der Waals surface area contributed by atoms with Gasteiger partial charge in [0, 0.05) is 30.3 Å². The highest BCUT2D eigenvalue weighted by Gasteiger charge is 2.29. The minimum atomic E-state index is 0.304. The second-order valence-corrected chi connectivity index (χ2v) is 6.98. The molecule has 4 nitrogen and oxygen atoms in total. The molecule has 3 rings (SSSR count). The summed E-state index contributed by atoms with van der Waals surface area (Å²) >= 11 is 1.76. The maximum absolute atomic E-state index is 8.95. The third-order valence-corrected chi connectivity index (χ3v) is 4.91. The molecule has 2 aromatic heterocycles. The van der Waals surface area contributed by atoms with Gasteiger partial charge in [-0.2, -0.15) is 0 Å². The molecule has 0 aromatic carbocycles. The van der Waals surface area contributed by atoms with Gasteiger partial charge in [-0.15, -0.1) is 11.3 Å². The number of hydrogen-bond acceptors (Lipinski definition) is 4. The van der Waals surface area contributed by atoms with Gasteiger partial charge >= 0.3 is 0 Å². The number of aromatic nitrogens is 2. The van der Waals surface area contributed by atoms with Crippen molar-refractivity contribution in [2.75, 3.05) is 13.2 Å². The van der Waals surface area contributed by atoms with Crippen LogP contribution in [0.3, 0.4) is 0 Å². The molecular weight excluding hydrogens is 270 g/mol. The van der Waals surface area contributed by atoms with E-state index >= 15 is 0 Å². The summed E-state index contributed by atoms with van der Waals surface area (Å²) in [6.45, 7) is 6.63. The third kappa shape index (κ3) is 2.90. The summed E-state index contributed by atoms with van der Waals surface area (Å²) < 4.78 is 2.26. The zero-order valence-corrected chi connectivity index (χ0v) is 13.1. The van der Waals surface area contributed by atoms with Gasteiger partial charge in [0.1, 0.15) is 0 Å². The van der Waals surface area contributed by atoms with Crippen molar-refractivity contribution in [1.29, 1.82) is 0 Å². The first-order chi connectivity index (χ1) is 9.69. The second kappa shape index (κ2) is 5.84. The van der Waals surface area contributed by atoms with Crippen LogP contribution in [0.4, 0.5) is 0 Å². The number of fused-ring (bicyclic) bond motifs is 1. The van der Waals surface area contributed by atoms with Crippen molar-refractivity contribution in [2.24, 2.45) is 0 Å². The number of unbranched alkanes of at least 4 members (excludes halogenated alkanes) is 1. The molecule has 0 aliphatic heterocycles. The maximum atomic E-state index is 8.95. The Kier molecular flexibility index (Phi) is 4.10. The molecule has 5 heteroatoms. The van der Waals surface area contributed by atoms with Crippen LogP contribution in [0, 0.1) is 13.8 Å². The van der Waals surface area contributed by atoms with Gasteiger partial charge in [-0.25, -0.2) is 4.98 Å². The van der Waals surface area contributed by atoms with Crippen molar-refractivity contribution in [3.63, 3.8) is 0 Å². The van der Waals surface area contributed by atoms with Crippen LogP contribution in [0.25, 0.3) is 4.96 Å². The number of imidazole rings is 1. The molecule has 0 bridgehead atoms. The monoisotopic (exact) mass is 293 g/mol. The van der Waals surface area contributed by atoms with Crippen molar-refractivity contribution < 1.29 is 5.11 Å². The Labute approximate surface area is 124 Å². The van der Waals surface area contributed by atoms with E-state index in [4.69, 9.17) is 5.11 Å². The lowest BCUT2D eigenvalue weighted by molar-refractivity contribution is 0.226. The Morgan fingerprint density at radius 3 is 2.90 bits per heavy atom. The topological polar surface area (TPSA) is 40.8 Å². The number of nitrogens with zero attached hydrogens (tertiary/aromatic N) is 3. The van der Waals surface area contributed by atoms with E-state index in [0.717, 1.165) is 42.6 Å². The zero-order valence-electron chi connectivity index (χ0n) is 12.3. The normalized spacial score (nSPS) is 15.6. The van der Waals surface area contributed by atoms with Crippen LogP contribution in [0.5, 0.6) is 0 Å². The summed E-state index contributed by atoms with van der Waals surface area (Å²) in [7, 11) is 0. The predicted molar refractivity (Wildman–Crippen MR) is 82.3 cm³/mol. The molecule has 1 fully saturated rings. The predicted octanol–water partition coefficient (Wildman–Crippen LogP) is 2.75. The Balaban J connectivity index is 1.77. The molecule has 1 aliphatic rings. The molecule has 0 atom stereocenters. The number of rotatable bonds is 7. The minimum Gasteiger partial charge on any atom is -0.396 e. The van der Waals surface area contributed by atoms with Gasteiger partial charge in [0.05, 0.1) is 11.4 Å². The van der Waals surface area contributed by atoms with Gasteiger partial charge in [-0.3, -0.25) is 9.30 Å².